The lowest BCUT2D eigenvalue weighted by Crippen LogP contribution is -2.53. The first kappa shape index (κ1) is 22.8. The molecule has 4 aliphatic carbocycles. The highest BCUT2D eigenvalue weighted by Crippen LogP contribution is 2.68. The van der Waals surface area contributed by atoms with E-state index in [2.05, 4.69) is 31.2 Å². The van der Waals surface area contributed by atoms with Crippen LogP contribution in [0.25, 0.3) is 5.57 Å². The topological polar surface area (TPSA) is 88.3 Å². The number of thiazole rings is 1. The molecule has 7 heteroatoms. The minimum Gasteiger partial charge on any atom is -0.377 e. The van der Waals surface area contributed by atoms with Crippen molar-refractivity contribution in [2.75, 3.05) is 5.32 Å². The lowest BCUT2D eigenvalue weighted by Gasteiger charge is -2.57. The maximum absolute atomic E-state index is 11.4. The molecule has 0 saturated heterocycles. The van der Waals surface area contributed by atoms with Gasteiger partial charge in [0, 0.05) is 11.5 Å². The fraction of sp³-hybridized carbons (Fsp3) is 0.536. The number of rotatable bonds is 3. The first-order valence-electron chi connectivity index (χ1n) is 12.6. The van der Waals surface area contributed by atoms with Crippen molar-refractivity contribution in [2.45, 2.75) is 64.4 Å². The summed E-state index contributed by atoms with van der Waals surface area (Å²) in [6, 6.07) is 6.71. The molecule has 0 radical (unpaired) electrons. The summed E-state index contributed by atoms with van der Waals surface area (Å²) in [4.78, 5) is 17.2. The van der Waals surface area contributed by atoms with Gasteiger partial charge in [-0.1, -0.05) is 49.3 Å². The smallest absolute Gasteiger partial charge is 0.292 e. The molecule has 6 rings (SSSR count). The first-order valence-corrected chi connectivity index (χ1v) is 13.4. The predicted molar refractivity (Wildman–Crippen MR) is 138 cm³/mol. The van der Waals surface area contributed by atoms with Gasteiger partial charge < -0.3 is 10.4 Å². The highest BCUT2D eigenvalue weighted by Gasteiger charge is 2.63. The van der Waals surface area contributed by atoms with Crippen LogP contribution >= 0.6 is 11.3 Å². The van der Waals surface area contributed by atoms with E-state index in [1.807, 2.05) is 0 Å². The van der Waals surface area contributed by atoms with Gasteiger partial charge >= 0.3 is 0 Å². The van der Waals surface area contributed by atoms with Crippen molar-refractivity contribution in [3.05, 3.63) is 51.0 Å². The molecule has 0 amide bonds. The third kappa shape index (κ3) is 3.09. The van der Waals surface area contributed by atoms with Crippen molar-refractivity contribution in [1.82, 2.24) is 4.98 Å². The molecule has 2 saturated carbocycles. The van der Waals surface area contributed by atoms with Crippen LogP contribution in [0.2, 0.25) is 0 Å². The Hall–Kier alpha value is -2.69. The van der Waals surface area contributed by atoms with E-state index in [9.17, 15) is 15.2 Å². The van der Waals surface area contributed by atoms with Gasteiger partial charge in [-0.2, -0.15) is 0 Å². The Labute approximate surface area is 210 Å². The SMILES string of the molecule is C#CC1(O)CCC2C3CC=C4c5sc(Nc6ccccc6[N+](=O)[O-])nc5CCC4(C)C3CCC21C. The Bertz CT molecular complexity index is 1290. The van der Waals surface area contributed by atoms with Gasteiger partial charge in [-0.05, 0) is 79.8 Å². The summed E-state index contributed by atoms with van der Waals surface area (Å²) < 4.78 is 0. The summed E-state index contributed by atoms with van der Waals surface area (Å²) in [5.41, 5.74) is 1.93. The van der Waals surface area contributed by atoms with Gasteiger partial charge in [0.25, 0.3) is 5.69 Å². The van der Waals surface area contributed by atoms with Gasteiger partial charge in [-0.3, -0.25) is 10.1 Å². The van der Waals surface area contributed by atoms with Gasteiger partial charge in [0.15, 0.2) is 5.13 Å². The third-order valence-corrected chi connectivity index (χ3v) is 11.1. The maximum atomic E-state index is 11.4. The average molecular weight is 490 g/mol. The van der Waals surface area contributed by atoms with Gasteiger partial charge in [0.2, 0.25) is 0 Å². The number of aryl methyl sites for hydroxylation is 1. The van der Waals surface area contributed by atoms with E-state index in [1.165, 1.54) is 16.5 Å². The van der Waals surface area contributed by atoms with E-state index in [0.717, 1.165) is 44.2 Å². The molecule has 4 aliphatic rings. The van der Waals surface area contributed by atoms with Crippen LogP contribution < -0.4 is 5.32 Å². The number of para-hydroxylation sites is 2. The number of allylic oxidation sites excluding steroid dienone is 2. The number of nitro groups is 1. The van der Waals surface area contributed by atoms with E-state index in [-0.39, 0.29) is 21.4 Å². The zero-order chi connectivity index (χ0) is 24.6. The van der Waals surface area contributed by atoms with Crippen LogP contribution in [0.15, 0.2) is 30.3 Å². The first-order chi connectivity index (χ1) is 16.7. The lowest BCUT2D eigenvalue weighted by molar-refractivity contribution is -0.383. The van der Waals surface area contributed by atoms with E-state index in [4.69, 9.17) is 11.4 Å². The minimum atomic E-state index is -0.981. The largest absolute Gasteiger partial charge is 0.377 e. The molecule has 0 spiro atoms. The monoisotopic (exact) mass is 489 g/mol. The van der Waals surface area contributed by atoms with Crippen molar-refractivity contribution in [2.24, 2.45) is 28.6 Å². The number of hydrogen-bond acceptors (Lipinski definition) is 6. The Kier molecular flexibility index (Phi) is 4.97. The minimum absolute atomic E-state index is 0.0546. The average Bonchev–Trinajstić information content (AvgIpc) is 3.37. The normalized spacial score (nSPS) is 37.2. The fourth-order valence-electron chi connectivity index (χ4n) is 8.04. The van der Waals surface area contributed by atoms with Gasteiger partial charge in [-0.25, -0.2) is 4.98 Å². The summed E-state index contributed by atoms with van der Waals surface area (Å²) >= 11 is 1.62. The molecule has 0 aliphatic heterocycles. The molecule has 1 aromatic carbocycles. The molecule has 2 fully saturated rings. The summed E-state index contributed by atoms with van der Waals surface area (Å²) in [5.74, 6) is 4.34. The molecule has 182 valence electrons. The van der Waals surface area contributed by atoms with Crippen molar-refractivity contribution in [3.63, 3.8) is 0 Å². The maximum Gasteiger partial charge on any atom is 0.292 e. The molecular weight excluding hydrogens is 458 g/mol. The second-order valence-electron chi connectivity index (χ2n) is 11.3. The second-order valence-corrected chi connectivity index (χ2v) is 12.3. The molecule has 1 heterocycles. The molecule has 1 aromatic heterocycles. The fourth-order valence-corrected chi connectivity index (χ4v) is 9.24. The highest BCUT2D eigenvalue weighted by molar-refractivity contribution is 7.16. The molecular formula is C28H31N3O3S. The van der Waals surface area contributed by atoms with Crippen molar-refractivity contribution < 1.29 is 10.0 Å². The van der Waals surface area contributed by atoms with Crippen molar-refractivity contribution in [3.8, 4) is 12.3 Å². The van der Waals surface area contributed by atoms with Gasteiger partial charge in [0.05, 0.1) is 15.5 Å². The van der Waals surface area contributed by atoms with Gasteiger partial charge in [0.1, 0.15) is 11.3 Å². The predicted octanol–water partition coefficient (Wildman–Crippen LogP) is 6.34. The Morgan fingerprint density at radius 3 is 2.77 bits per heavy atom. The third-order valence-electron chi connectivity index (χ3n) is 10.0. The number of terminal acetylenes is 1. The quantitative estimate of drug-likeness (QED) is 0.298. The van der Waals surface area contributed by atoms with E-state index >= 15 is 0 Å². The number of nitrogens with one attached hydrogen (secondary N) is 1. The number of anilines is 2. The number of hydrogen-bond donors (Lipinski definition) is 2. The Morgan fingerprint density at radius 1 is 1.23 bits per heavy atom. The summed E-state index contributed by atoms with van der Waals surface area (Å²) in [7, 11) is 0. The number of nitrogens with zero attached hydrogens (tertiary/aromatic N) is 2. The molecule has 35 heavy (non-hydrogen) atoms. The molecule has 2 aromatic rings. The molecule has 6 atom stereocenters. The standard InChI is InChI=1S/C28H31N3O3S/c1-4-28(32)16-12-19-17-9-10-20-24-22(13-14-26(20,2)18(17)11-15-27(19,28)3)30-25(35-24)29-21-7-5-6-8-23(21)31(33)34/h1,5-8,10,17-19,32H,9,11-16H2,2-3H3,(H,29,30). The number of benzene rings is 1. The summed E-state index contributed by atoms with van der Waals surface area (Å²) in [6.07, 6.45) is 15.0. The van der Waals surface area contributed by atoms with Crippen LogP contribution in [0, 0.1) is 51.0 Å². The van der Waals surface area contributed by atoms with Crippen molar-refractivity contribution in [1.29, 1.82) is 0 Å². The lowest BCUT2D eigenvalue weighted by atomic mass is 9.47. The van der Waals surface area contributed by atoms with Crippen LogP contribution in [0.3, 0.4) is 0 Å². The van der Waals surface area contributed by atoms with E-state index in [0.29, 0.717) is 35.0 Å². The molecule has 6 unspecified atom stereocenters. The van der Waals surface area contributed by atoms with Crippen LogP contribution in [0.4, 0.5) is 16.5 Å². The zero-order valence-electron chi connectivity index (χ0n) is 20.2. The Morgan fingerprint density at radius 2 is 2.00 bits per heavy atom. The van der Waals surface area contributed by atoms with Crippen LogP contribution in [0.5, 0.6) is 0 Å². The van der Waals surface area contributed by atoms with Crippen LogP contribution in [-0.2, 0) is 6.42 Å². The van der Waals surface area contributed by atoms with Crippen LogP contribution in [-0.4, -0.2) is 20.6 Å². The van der Waals surface area contributed by atoms with Gasteiger partial charge in [-0.15, -0.1) is 6.42 Å². The second kappa shape index (κ2) is 7.65. The molecule has 0 bridgehead atoms. The summed E-state index contributed by atoms with van der Waals surface area (Å²) in [5, 5.41) is 26.6. The Balaban J connectivity index is 1.33. The highest BCUT2D eigenvalue weighted by atomic mass is 32.1. The molecule has 6 nitrogen and oxygen atoms in total. The van der Waals surface area contributed by atoms with E-state index in [1.54, 1.807) is 29.5 Å². The number of nitro benzene ring substituents is 1. The number of fused-ring (bicyclic) bond motifs is 7. The number of aliphatic hydroxyl groups is 1. The zero-order valence-corrected chi connectivity index (χ0v) is 21.0. The molecule has 2 N–H and O–H groups in total. The van der Waals surface area contributed by atoms with E-state index < -0.39 is 5.60 Å². The van der Waals surface area contributed by atoms with Crippen LogP contribution in [0.1, 0.15) is 62.9 Å². The number of aromatic nitrogens is 1. The summed E-state index contributed by atoms with van der Waals surface area (Å²) in [6.45, 7) is 4.66. The van der Waals surface area contributed by atoms with Crippen molar-refractivity contribution >= 4 is 33.4 Å².